The molecule has 0 bridgehead atoms. The normalized spacial score (nSPS) is 10.6. The van der Waals surface area contributed by atoms with Gasteiger partial charge in [0.05, 0.1) is 11.6 Å². The van der Waals surface area contributed by atoms with Crippen LogP contribution in [0.4, 0.5) is 10.5 Å². The molecular formula is C17H17N3O2. The number of rotatable bonds is 2. The average molecular weight is 295 g/mol. The predicted molar refractivity (Wildman–Crippen MR) is 84.2 cm³/mol. The summed E-state index contributed by atoms with van der Waals surface area (Å²) < 4.78 is 5.22. The van der Waals surface area contributed by atoms with E-state index in [4.69, 9.17) is 10.00 Å². The van der Waals surface area contributed by atoms with Crippen LogP contribution in [0, 0.1) is 11.3 Å². The number of anilines is 1. The first-order chi connectivity index (χ1) is 10.4. The first kappa shape index (κ1) is 15.5. The van der Waals surface area contributed by atoms with Gasteiger partial charge in [-0.15, -0.1) is 0 Å². The molecule has 0 aliphatic rings. The van der Waals surface area contributed by atoms with Crippen LogP contribution in [-0.4, -0.2) is 16.7 Å². The molecule has 0 spiro atoms. The largest absolute Gasteiger partial charge is 0.444 e. The van der Waals surface area contributed by atoms with E-state index in [0.29, 0.717) is 11.3 Å². The predicted octanol–water partition coefficient (Wildman–Crippen LogP) is 3.97. The SMILES string of the molecule is CC(C)(C)OC(=O)Nc1cc(C#N)cc(-c2ccncc2)c1. The van der Waals surface area contributed by atoms with E-state index in [1.807, 2.05) is 12.1 Å². The fourth-order valence-corrected chi connectivity index (χ4v) is 1.90. The number of pyridine rings is 1. The van der Waals surface area contributed by atoms with Crippen molar-refractivity contribution in [3.05, 3.63) is 48.3 Å². The monoisotopic (exact) mass is 295 g/mol. The van der Waals surface area contributed by atoms with Crippen LogP contribution < -0.4 is 5.32 Å². The maximum atomic E-state index is 11.8. The zero-order valence-corrected chi connectivity index (χ0v) is 12.8. The third-order valence-corrected chi connectivity index (χ3v) is 2.72. The molecule has 1 aromatic heterocycles. The second-order valence-corrected chi connectivity index (χ2v) is 5.77. The topological polar surface area (TPSA) is 75.0 Å². The van der Waals surface area contributed by atoms with Gasteiger partial charge in [0, 0.05) is 18.1 Å². The zero-order chi connectivity index (χ0) is 16.2. The summed E-state index contributed by atoms with van der Waals surface area (Å²) in [6.45, 7) is 5.38. The van der Waals surface area contributed by atoms with Crippen molar-refractivity contribution < 1.29 is 9.53 Å². The molecule has 1 aromatic carbocycles. The van der Waals surface area contributed by atoms with Crippen LogP contribution in [0.15, 0.2) is 42.7 Å². The highest BCUT2D eigenvalue weighted by Crippen LogP contribution is 2.24. The van der Waals surface area contributed by atoms with Crippen molar-refractivity contribution in [1.82, 2.24) is 4.98 Å². The smallest absolute Gasteiger partial charge is 0.412 e. The molecule has 0 atom stereocenters. The molecule has 0 aliphatic heterocycles. The Kier molecular flexibility index (Phi) is 4.42. The Hall–Kier alpha value is -2.87. The molecule has 5 heteroatoms. The number of hydrogen-bond donors (Lipinski definition) is 1. The van der Waals surface area contributed by atoms with Crippen LogP contribution in [0.25, 0.3) is 11.1 Å². The van der Waals surface area contributed by atoms with Crippen molar-refractivity contribution in [2.24, 2.45) is 0 Å². The molecule has 0 aliphatic carbocycles. The molecular weight excluding hydrogens is 278 g/mol. The summed E-state index contributed by atoms with van der Waals surface area (Å²) >= 11 is 0. The maximum absolute atomic E-state index is 11.8. The zero-order valence-electron chi connectivity index (χ0n) is 12.8. The van der Waals surface area contributed by atoms with E-state index >= 15 is 0 Å². The number of amides is 1. The van der Waals surface area contributed by atoms with Gasteiger partial charge in [-0.25, -0.2) is 4.79 Å². The number of nitriles is 1. The Bertz CT molecular complexity index is 713. The lowest BCUT2D eigenvalue weighted by atomic mass is 10.0. The van der Waals surface area contributed by atoms with Gasteiger partial charge in [-0.2, -0.15) is 5.26 Å². The molecule has 0 radical (unpaired) electrons. The first-order valence-corrected chi connectivity index (χ1v) is 6.83. The van der Waals surface area contributed by atoms with Crippen LogP contribution in [0.3, 0.4) is 0 Å². The quantitative estimate of drug-likeness (QED) is 0.909. The molecule has 0 saturated carbocycles. The molecule has 0 unspecified atom stereocenters. The molecule has 22 heavy (non-hydrogen) atoms. The van der Waals surface area contributed by atoms with Crippen molar-refractivity contribution in [2.75, 3.05) is 5.32 Å². The van der Waals surface area contributed by atoms with Crippen LogP contribution in [0.2, 0.25) is 0 Å². The van der Waals surface area contributed by atoms with Crippen LogP contribution in [0.5, 0.6) is 0 Å². The lowest BCUT2D eigenvalue weighted by molar-refractivity contribution is 0.0636. The molecule has 1 amide bonds. The van der Waals surface area contributed by atoms with Gasteiger partial charge in [0.15, 0.2) is 0 Å². The van der Waals surface area contributed by atoms with E-state index in [1.54, 1.807) is 51.4 Å². The van der Waals surface area contributed by atoms with E-state index in [0.717, 1.165) is 11.1 Å². The molecule has 1 heterocycles. The maximum Gasteiger partial charge on any atom is 0.412 e. The van der Waals surface area contributed by atoms with Gasteiger partial charge >= 0.3 is 6.09 Å². The summed E-state index contributed by atoms with van der Waals surface area (Å²) in [6.07, 6.45) is 2.80. The third kappa shape index (κ3) is 4.32. The van der Waals surface area contributed by atoms with Crippen LogP contribution in [0.1, 0.15) is 26.3 Å². The lowest BCUT2D eigenvalue weighted by Gasteiger charge is -2.20. The van der Waals surface area contributed by atoms with Gasteiger partial charge < -0.3 is 4.74 Å². The number of aromatic nitrogens is 1. The number of ether oxygens (including phenoxy) is 1. The fourth-order valence-electron chi connectivity index (χ4n) is 1.90. The second-order valence-electron chi connectivity index (χ2n) is 5.77. The van der Waals surface area contributed by atoms with Crippen LogP contribution >= 0.6 is 0 Å². The number of hydrogen-bond acceptors (Lipinski definition) is 4. The van der Waals surface area contributed by atoms with E-state index in [9.17, 15) is 4.79 Å². The standard InChI is InChI=1S/C17H17N3O2/c1-17(2,3)22-16(21)20-15-9-12(11-18)8-14(10-15)13-4-6-19-7-5-13/h4-10H,1-3H3,(H,20,21). The number of nitrogens with zero attached hydrogens (tertiary/aromatic N) is 2. The Labute approximate surface area is 129 Å². The van der Waals surface area contributed by atoms with Crippen molar-refractivity contribution in [1.29, 1.82) is 5.26 Å². The summed E-state index contributed by atoms with van der Waals surface area (Å²) in [5, 5.41) is 11.8. The molecule has 2 aromatic rings. The van der Waals surface area contributed by atoms with Gasteiger partial charge in [0.25, 0.3) is 0 Å². The number of benzene rings is 1. The third-order valence-electron chi connectivity index (χ3n) is 2.72. The summed E-state index contributed by atoms with van der Waals surface area (Å²) in [7, 11) is 0. The minimum absolute atomic E-state index is 0.459. The first-order valence-electron chi connectivity index (χ1n) is 6.83. The minimum Gasteiger partial charge on any atom is -0.444 e. The molecule has 5 nitrogen and oxygen atoms in total. The van der Waals surface area contributed by atoms with Gasteiger partial charge in [-0.05, 0) is 62.2 Å². The van der Waals surface area contributed by atoms with E-state index in [2.05, 4.69) is 16.4 Å². The number of carbonyl (C=O) groups excluding carboxylic acids is 1. The summed E-state index contributed by atoms with van der Waals surface area (Å²) in [5.74, 6) is 0. The summed E-state index contributed by atoms with van der Waals surface area (Å²) in [6, 6.07) is 10.9. The van der Waals surface area contributed by atoms with Gasteiger partial charge in [-0.1, -0.05) is 0 Å². The van der Waals surface area contributed by atoms with Gasteiger partial charge in [0.2, 0.25) is 0 Å². The van der Waals surface area contributed by atoms with Crippen molar-refractivity contribution in [3.8, 4) is 17.2 Å². The van der Waals surface area contributed by atoms with Gasteiger partial charge in [-0.3, -0.25) is 10.3 Å². The number of nitrogens with one attached hydrogen (secondary N) is 1. The summed E-state index contributed by atoms with van der Waals surface area (Å²) in [5.41, 5.74) is 2.14. The molecule has 2 rings (SSSR count). The van der Waals surface area contributed by atoms with E-state index < -0.39 is 11.7 Å². The van der Waals surface area contributed by atoms with E-state index in [-0.39, 0.29) is 0 Å². The summed E-state index contributed by atoms with van der Waals surface area (Å²) in [4.78, 5) is 15.8. The molecule has 0 fully saturated rings. The highest BCUT2D eigenvalue weighted by molar-refractivity contribution is 5.86. The van der Waals surface area contributed by atoms with Gasteiger partial charge in [0.1, 0.15) is 5.60 Å². The Morgan fingerprint density at radius 1 is 1.18 bits per heavy atom. The minimum atomic E-state index is -0.579. The highest BCUT2D eigenvalue weighted by Gasteiger charge is 2.16. The number of carbonyl (C=O) groups is 1. The Morgan fingerprint density at radius 2 is 1.86 bits per heavy atom. The van der Waals surface area contributed by atoms with Crippen molar-refractivity contribution in [2.45, 2.75) is 26.4 Å². The van der Waals surface area contributed by atoms with E-state index in [1.165, 1.54) is 0 Å². The molecule has 0 saturated heterocycles. The Balaban J connectivity index is 2.29. The molecule has 112 valence electrons. The highest BCUT2D eigenvalue weighted by atomic mass is 16.6. The Morgan fingerprint density at radius 3 is 2.45 bits per heavy atom. The van der Waals surface area contributed by atoms with Crippen LogP contribution in [-0.2, 0) is 4.74 Å². The van der Waals surface area contributed by atoms with Crippen molar-refractivity contribution >= 4 is 11.8 Å². The average Bonchev–Trinajstić information content (AvgIpc) is 2.45. The molecule has 1 N–H and O–H groups in total. The lowest BCUT2D eigenvalue weighted by Crippen LogP contribution is -2.27. The van der Waals surface area contributed by atoms with Crippen molar-refractivity contribution in [3.63, 3.8) is 0 Å². The fraction of sp³-hybridized carbons (Fsp3) is 0.235. The second kappa shape index (κ2) is 6.27.